The predicted molar refractivity (Wildman–Crippen MR) is 84.5 cm³/mol. The number of carbonyl (C=O) groups is 2. The number of hydrogen-bond donors (Lipinski definition) is 1. The molecule has 1 saturated heterocycles. The van der Waals surface area contributed by atoms with Gasteiger partial charge in [-0.25, -0.2) is 0 Å². The number of carboxylic acid groups (broad SMARTS) is 1. The van der Waals surface area contributed by atoms with Crippen LogP contribution in [0.4, 0.5) is 0 Å². The van der Waals surface area contributed by atoms with Crippen molar-refractivity contribution >= 4 is 23.6 Å². The molecule has 0 bridgehead atoms. The summed E-state index contributed by atoms with van der Waals surface area (Å²) in [5, 5.41) is 9.04. The molecule has 1 fully saturated rings. The van der Waals surface area contributed by atoms with E-state index in [9.17, 15) is 9.59 Å². The zero-order chi connectivity index (χ0) is 15.5. The summed E-state index contributed by atoms with van der Waals surface area (Å²) in [4.78, 5) is 25.7. The van der Waals surface area contributed by atoms with Crippen molar-refractivity contribution in [3.63, 3.8) is 0 Å². The molecule has 1 aliphatic rings. The molecule has 5 heteroatoms. The molecule has 1 amide bonds. The van der Waals surface area contributed by atoms with E-state index in [0.717, 1.165) is 11.3 Å². The second-order valence-corrected chi connectivity index (χ2v) is 6.97. The molecule has 1 unspecified atom stereocenters. The van der Waals surface area contributed by atoms with E-state index >= 15 is 0 Å². The molecule has 0 saturated carbocycles. The van der Waals surface area contributed by atoms with Gasteiger partial charge in [0.1, 0.15) is 0 Å². The van der Waals surface area contributed by atoms with Crippen molar-refractivity contribution < 1.29 is 14.7 Å². The third-order valence-corrected chi connectivity index (χ3v) is 5.02. The average molecular weight is 307 g/mol. The topological polar surface area (TPSA) is 57.6 Å². The summed E-state index contributed by atoms with van der Waals surface area (Å²) in [7, 11) is 0. The maximum absolute atomic E-state index is 12.9. The normalized spacial score (nSPS) is 19.3. The van der Waals surface area contributed by atoms with Crippen LogP contribution in [0.2, 0.25) is 0 Å². The maximum atomic E-state index is 12.9. The smallest absolute Gasteiger partial charge is 0.305 e. The summed E-state index contributed by atoms with van der Waals surface area (Å²) >= 11 is 1.72. The Morgan fingerprint density at radius 3 is 2.62 bits per heavy atom. The highest BCUT2D eigenvalue weighted by molar-refractivity contribution is 7.99. The van der Waals surface area contributed by atoms with Crippen LogP contribution in [-0.2, 0) is 15.0 Å². The van der Waals surface area contributed by atoms with E-state index in [1.54, 1.807) is 16.7 Å². The van der Waals surface area contributed by atoms with Gasteiger partial charge in [0.05, 0.1) is 17.9 Å². The molecular formula is C16H21NO3S. The maximum Gasteiger partial charge on any atom is 0.305 e. The van der Waals surface area contributed by atoms with Crippen molar-refractivity contribution in [1.82, 2.24) is 4.90 Å². The number of carboxylic acids is 1. The third kappa shape index (κ3) is 3.59. The standard InChI is InChI=1S/C16H21NO3S/c1-16(2,12-6-4-3-5-7-12)15(20)17-8-9-21-11-13(17)10-14(18)19/h3-7,13H,8-11H2,1-2H3,(H,18,19). The Morgan fingerprint density at radius 2 is 2.00 bits per heavy atom. The van der Waals surface area contributed by atoms with Gasteiger partial charge in [0.2, 0.25) is 5.91 Å². The molecule has 0 aromatic heterocycles. The van der Waals surface area contributed by atoms with Gasteiger partial charge in [0.25, 0.3) is 0 Å². The molecule has 2 rings (SSSR count). The third-order valence-electron chi connectivity index (χ3n) is 3.93. The van der Waals surface area contributed by atoms with Crippen LogP contribution in [-0.4, -0.2) is 46.0 Å². The molecule has 1 aliphatic heterocycles. The monoisotopic (exact) mass is 307 g/mol. The van der Waals surface area contributed by atoms with Crippen molar-refractivity contribution in [2.24, 2.45) is 0 Å². The van der Waals surface area contributed by atoms with Gasteiger partial charge in [0, 0.05) is 18.1 Å². The first kappa shape index (κ1) is 15.9. The quantitative estimate of drug-likeness (QED) is 0.928. The molecule has 1 heterocycles. The Labute approximate surface area is 129 Å². The summed E-state index contributed by atoms with van der Waals surface area (Å²) in [5.74, 6) is 0.730. The minimum Gasteiger partial charge on any atom is -0.481 e. The molecule has 4 nitrogen and oxygen atoms in total. The second kappa shape index (κ2) is 6.52. The molecule has 1 aromatic rings. The average Bonchev–Trinajstić information content (AvgIpc) is 2.47. The van der Waals surface area contributed by atoms with Crippen LogP contribution in [0.1, 0.15) is 25.8 Å². The number of nitrogens with zero attached hydrogens (tertiary/aromatic N) is 1. The highest BCUT2D eigenvalue weighted by Gasteiger charge is 2.38. The first-order chi connectivity index (χ1) is 9.93. The number of aliphatic carboxylic acids is 1. The molecule has 114 valence electrons. The van der Waals surface area contributed by atoms with E-state index < -0.39 is 11.4 Å². The van der Waals surface area contributed by atoms with E-state index in [1.807, 2.05) is 44.2 Å². The molecule has 1 atom stereocenters. The molecule has 21 heavy (non-hydrogen) atoms. The van der Waals surface area contributed by atoms with Gasteiger partial charge in [-0.05, 0) is 19.4 Å². The fraction of sp³-hybridized carbons (Fsp3) is 0.500. The Balaban J connectivity index is 2.22. The van der Waals surface area contributed by atoms with Crippen molar-refractivity contribution in [2.75, 3.05) is 18.1 Å². The number of thioether (sulfide) groups is 1. The Kier molecular flexibility index (Phi) is 4.93. The highest BCUT2D eigenvalue weighted by atomic mass is 32.2. The van der Waals surface area contributed by atoms with Crippen LogP contribution in [0.5, 0.6) is 0 Å². The fourth-order valence-electron chi connectivity index (χ4n) is 2.63. The lowest BCUT2D eigenvalue weighted by Gasteiger charge is -2.39. The van der Waals surface area contributed by atoms with Gasteiger partial charge in [-0.15, -0.1) is 0 Å². The fourth-order valence-corrected chi connectivity index (χ4v) is 3.69. The van der Waals surface area contributed by atoms with E-state index in [0.29, 0.717) is 12.3 Å². The van der Waals surface area contributed by atoms with E-state index in [1.165, 1.54) is 0 Å². The van der Waals surface area contributed by atoms with Crippen LogP contribution in [0.3, 0.4) is 0 Å². The number of amides is 1. The number of rotatable bonds is 4. The molecular weight excluding hydrogens is 286 g/mol. The summed E-state index contributed by atoms with van der Waals surface area (Å²) in [5.41, 5.74) is 0.322. The van der Waals surface area contributed by atoms with E-state index in [4.69, 9.17) is 5.11 Å². The van der Waals surface area contributed by atoms with Crippen molar-refractivity contribution in [3.8, 4) is 0 Å². The van der Waals surface area contributed by atoms with Crippen molar-refractivity contribution in [2.45, 2.75) is 31.7 Å². The lowest BCUT2D eigenvalue weighted by molar-refractivity contribution is -0.142. The summed E-state index contributed by atoms with van der Waals surface area (Å²) in [6.45, 7) is 4.44. The Bertz CT molecular complexity index is 516. The van der Waals surface area contributed by atoms with Gasteiger partial charge in [-0.2, -0.15) is 11.8 Å². The van der Waals surface area contributed by atoms with Crippen LogP contribution in [0.25, 0.3) is 0 Å². The Hall–Kier alpha value is -1.49. The van der Waals surface area contributed by atoms with Crippen LogP contribution in [0, 0.1) is 0 Å². The number of carbonyl (C=O) groups excluding carboxylic acids is 1. The molecule has 0 radical (unpaired) electrons. The zero-order valence-electron chi connectivity index (χ0n) is 12.4. The highest BCUT2D eigenvalue weighted by Crippen LogP contribution is 2.29. The van der Waals surface area contributed by atoms with Crippen LogP contribution in [0.15, 0.2) is 30.3 Å². The molecule has 1 N–H and O–H groups in total. The first-order valence-corrected chi connectivity index (χ1v) is 8.24. The molecule has 0 spiro atoms. The lowest BCUT2D eigenvalue weighted by atomic mass is 9.82. The zero-order valence-corrected chi connectivity index (χ0v) is 13.2. The number of hydrogen-bond acceptors (Lipinski definition) is 3. The van der Waals surface area contributed by atoms with E-state index in [-0.39, 0.29) is 18.4 Å². The van der Waals surface area contributed by atoms with Gasteiger partial charge in [-0.3, -0.25) is 9.59 Å². The van der Waals surface area contributed by atoms with Crippen molar-refractivity contribution in [1.29, 1.82) is 0 Å². The van der Waals surface area contributed by atoms with Gasteiger partial charge >= 0.3 is 5.97 Å². The number of benzene rings is 1. The van der Waals surface area contributed by atoms with Crippen LogP contribution < -0.4 is 0 Å². The minimum absolute atomic E-state index is 0.0141. The molecule has 0 aliphatic carbocycles. The minimum atomic E-state index is -0.849. The first-order valence-electron chi connectivity index (χ1n) is 7.09. The predicted octanol–water partition coefficient (Wildman–Crippen LogP) is 2.38. The van der Waals surface area contributed by atoms with Crippen LogP contribution >= 0.6 is 11.8 Å². The second-order valence-electron chi connectivity index (χ2n) is 5.82. The van der Waals surface area contributed by atoms with E-state index in [2.05, 4.69) is 0 Å². The summed E-state index contributed by atoms with van der Waals surface area (Å²) in [6.07, 6.45) is 0.0175. The lowest BCUT2D eigenvalue weighted by Crippen LogP contribution is -2.52. The molecule has 1 aromatic carbocycles. The summed E-state index contributed by atoms with van der Waals surface area (Å²) < 4.78 is 0. The Morgan fingerprint density at radius 1 is 1.33 bits per heavy atom. The largest absolute Gasteiger partial charge is 0.481 e. The van der Waals surface area contributed by atoms with Gasteiger partial charge in [0.15, 0.2) is 0 Å². The van der Waals surface area contributed by atoms with Crippen molar-refractivity contribution in [3.05, 3.63) is 35.9 Å². The summed E-state index contributed by atoms with van der Waals surface area (Å²) in [6, 6.07) is 9.45. The van der Waals surface area contributed by atoms with Gasteiger partial charge in [-0.1, -0.05) is 30.3 Å². The SMILES string of the molecule is CC(C)(C(=O)N1CCSCC1CC(=O)O)c1ccccc1. The van der Waals surface area contributed by atoms with Gasteiger partial charge < -0.3 is 10.0 Å².